The quantitative estimate of drug-likeness (QED) is 0.813. The molecular weight excluding hydrogens is 344 g/mol. The summed E-state index contributed by atoms with van der Waals surface area (Å²) in [6, 6.07) is -0.417. The number of aryl methyl sites for hydroxylation is 4. The first-order valence-corrected chi connectivity index (χ1v) is 9.73. The molecule has 4 heterocycles. The van der Waals surface area contributed by atoms with Gasteiger partial charge in [-0.15, -0.1) is 0 Å². The summed E-state index contributed by atoms with van der Waals surface area (Å²) in [5.41, 5.74) is 3.08. The Kier molecular flexibility index (Phi) is 4.57. The molecule has 1 atom stereocenters. The van der Waals surface area contributed by atoms with Crippen LogP contribution >= 0.6 is 0 Å². The summed E-state index contributed by atoms with van der Waals surface area (Å²) < 4.78 is 3.06. The number of carbonyl (C=O) groups excluding carboxylic acids is 1. The maximum absolute atomic E-state index is 13.1. The maximum Gasteiger partial charge on any atom is 0.347 e. The monoisotopic (exact) mass is 370 g/mol. The lowest BCUT2D eigenvalue weighted by molar-refractivity contribution is -0.134. The van der Waals surface area contributed by atoms with Crippen molar-refractivity contribution in [2.24, 2.45) is 0 Å². The lowest BCUT2D eigenvalue weighted by Gasteiger charge is -2.27. The predicted octanol–water partition coefficient (Wildman–Crippen LogP) is 1.31. The first-order chi connectivity index (χ1) is 13.0. The molecule has 1 fully saturated rings. The first kappa shape index (κ1) is 17.9. The molecule has 0 spiro atoms. The van der Waals surface area contributed by atoms with Crippen LogP contribution in [0.2, 0.25) is 0 Å². The largest absolute Gasteiger partial charge is 0.347 e. The molecule has 8 nitrogen and oxygen atoms in total. The van der Waals surface area contributed by atoms with Gasteiger partial charge in [0.1, 0.15) is 11.9 Å². The predicted molar refractivity (Wildman–Crippen MR) is 99.6 cm³/mol. The highest BCUT2D eigenvalue weighted by Crippen LogP contribution is 2.25. The van der Waals surface area contributed by atoms with Crippen molar-refractivity contribution in [1.82, 2.24) is 29.2 Å². The van der Waals surface area contributed by atoms with E-state index in [4.69, 9.17) is 0 Å². The van der Waals surface area contributed by atoms with E-state index in [1.807, 2.05) is 25.7 Å². The summed E-state index contributed by atoms with van der Waals surface area (Å²) in [6.07, 6.45) is 4.40. The number of nitrogens with zero attached hydrogens (tertiary/aromatic N) is 6. The molecule has 1 unspecified atom stereocenters. The number of amides is 1. The van der Waals surface area contributed by atoms with Crippen LogP contribution in [0.25, 0.3) is 0 Å². The highest BCUT2D eigenvalue weighted by atomic mass is 16.2. The zero-order valence-electron chi connectivity index (χ0n) is 16.2. The lowest BCUT2D eigenvalue weighted by atomic mass is 10.0. The van der Waals surface area contributed by atoms with Gasteiger partial charge in [-0.25, -0.2) is 9.48 Å². The van der Waals surface area contributed by atoms with Crippen molar-refractivity contribution in [3.8, 4) is 0 Å². The molecule has 1 saturated heterocycles. The van der Waals surface area contributed by atoms with Crippen molar-refractivity contribution in [2.45, 2.75) is 65.5 Å². The zero-order valence-corrected chi connectivity index (χ0v) is 16.2. The second-order valence-corrected chi connectivity index (χ2v) is 7.59. The Hall–Kier alpha value is -2.51. The van der Waals surface area contributed by atoms with E-state index in [0.29, 0.717) is 12.2 Å². The minimum Gasteiger partial charge on any atom is -0.341 e. The molecule has 0 N–H and O–H groups in total. The zero-order chi connectivity index (χ0) is 19.1. The SMILES string of the molecule is Cc1nc(C)c(Cn2nc3n(c2=O)C(C(=O)N2CCCC2)CCC3)nc1C. The molecule has 0 aromatic carbocycles. The first-order valence-electron chi connectivity index (χ1n) is 9.73. The molecule has 8 heteroatoms. The van der Waals surface area contributed by atoms with Gasteiger partial charge in [-0.3, -0.25) is 19.3 Å². The Morgan fingerprint density at radius 1 is 1.04 bits per heavy atom. The summed E-state index contributed by atoms with van der Waals surface area (Å²) in [7, 11) is 0. The molecule has 4 rings (SSSR count). The fourth-order valence-electron chi connectivity index (χ4n) is 4.07. The summed E-state index contributed by atoms with van der Waals surface area (Å²) in [6.45, 7) is 7.61. The molecule has 2 aliphatic rings. The fraction of sp³-hybridized carbons (Fsp3) is 0.632. The van der Waals surface area contributed by atoms with E-state index in [1.165, 1.54) is 4.68 Å². The van der Waals surface area contributed by atoms with Crippen LogP contribution < -0.4 is 5.69 Å². The van der Waals surface area contributed by atoms with E-state index < -0.39 is 6.04 Å². The Labute approximate surface area is 158 Å². The van der Waals surface area contributed by atoms with Crippen molar-refractivity contribution in [3.05, 3.63) is 39.1 Å². The Morgan fingerprint density at radius 2 is 1.74 bits per heavy atom. The van der Waals surface area contributed by atoms with E-state index in [2.05, 4.69) is 15.1 Å². The summed E-state index contributed by atoms with van der Waals surface area (Å²) in [5.74, 6) is 0.774. The smallest absolute Gasteiger partial charge is 0.341 e. The van der Waals surface area contributed by atoms with Crippen LogP contribution in [0.4, 0.5) is 0 Å². The molecule has 2 aliphatic heterocycles. The van der Waals surface area contributed by atoms with Gasteiger partial charge >= 0.3 is 5.69 Å². The molecule has 27 heavy (non-hydrogen) atoms. The van der Waals surface area contributed by atoms with E-state index in [0.717, 1.165) is 61.5 Å². The summed E-state index contributed by atoms with van der Waals surface area (Å²) in [4.78, 5) is 37.0. The van der Waals surface area contributed by atoms with Gasteiger partial charge in [0.2, 0.25) is 5.91 Å². The van der Waals surface area contributed by atoms with Crippen molar-refractivity contribution < 1.29 is 4.79 Å². The number of aromatic nitrogens is 5. The van der Waals surface area contributed by atoms with Crippen LogP contribution in [0.15, 0.2) is 4.79 Å². The van der Waals surface area contributed by atoms with Gasteiger partial charge in [-0.1, -0.05) is 0 Å². The molecule has 1 amide bonds. The minimum atomic E-state index is -0.417. The van der Waals surface area contributed by atoms with Gasteiger partial charge in [-0.2, -0.15) is 5.10 Å². The number of hydrogen-bond donors (Lipinski definition) is 0. The Bertz CT molecular complexity index is 938. The number of hydrogen-bond acceptors (Lipinski definition) is 5. The second-order valence-electron chi connectivity index (χ2n) is 7.59. The van der Waals surface area contributed by atoms with Gasteiger partial charge < -0.3 is 4.90 Å². The molecule has 2 aromatic rings. The number of rotatable bonds is 3. The highest BCUT2D eigenvalue weighted by molar-refractivity contribution is 5.80. The van der Waals surface area contributed by atoms with Crippen LogP contribution in [-0.2, 0) is 17.8 Å². The standard InChI is InChI=1S/C19H26N6O2/c1-12-13(2)21-15(14(3)20-12)11-24-19(27)25-16(7-6-8-17(25)22-24)18(26)23-9-4-5-10-23/h16H,4-11H2,1-3H3. The van der Waals surface area contributed by atoms with Crippen molar-refractivity contribution in [1.29, 1.82) is 0 Å². The van der Waals surface area contributed by atoms with E-state index in [-0.39, 0.29) is 18.1 Å². The summed E-state index contributed by atoms with van der Waals surface area (Å²) >= 11 is 0. The van der Waals surface area contributed by atoms with Crippen molar-refractivity contribution in [2.75, 3.05) is 13.1 Å². The minimum absolute atomic E-state index is 0.0669. The van der Waals surface area contributed by atoms with Crippen molar-refractivity contribution >= 4 is 5.91 Å². The number of fused-ring (bicyclic) bond motifs is 1. The van der Waals surface area contributed by atoms with Crippen LogP contribution in [0, 0.1) is 20.8 Å². The van der Waals surface area contributed by atoms with Crippen LogP contribution in [0.5, 0.6) is 0 Å². The molecule has 0 saturated carbocycles. The van der Waals surface area contributed by atoms with Crippen molar-refractivity contribution in [3.63, 3.8) is 0 Å². The van der Waals surface area contributed by atoms with Gasteiger partial charge in [0.05, 0.1) is 29.3 Å². The third-order valence-corrected chi connectivity index (χ3v) is 5.71. The van der Waals surface area contributed by atoms with Gasteiger partial charge in [0.25, 0.3) is 0 Å². The summed E-state index contributed by atoms with van der Waals surface area (Å²) in [5, 5.41) is 4.53. The van der Waals surface area contributed by atoms with Crippen LogP contribution in [0.1, 0.15) is 60.3 Å². The normalized spacial score (nSPS) is 19.4. The number of carbonyl (C=O) groups is 1. The molecule has 0 bridgehead atoms. The van der Waals surface area contributed by atoms with Crippen LogP contribution in [-0.4, -0.2) is 48.2 Å². The Morgan fingerprint density at radius 3 is 2.48 bits per heavy atom. The maximum atomic E-state index is 13.1. The fourth-order valence-corrected chi connectivity index (χ4v) is 4.07. The van der Waals surface area contributed by atoms with Gasteiger partial charge in [0, 0.05) is 19.5 Å². The molecule has 0 radical (unpaired) electrons. The van der Waals surface area contributed by atoms with Gasteiger partial charge in [-0.05, 0) is 46.5 Å². The number of likely N-dealkylation sites (tertiary alicyclic amines) is 1. The van der Waals surface area contributed by atoms with E-state index >= 15 is 0 Å². The average Bonchev–Trinajstić information content (AvgIpc) is 3.28. The van der Waals surface area contributed by atoms with E-state index in [1.54, 1.807) is 4.57 Å². The highest BCUT2D eigenvalue weighted by Gasteiger charge is 2.34. The molecule has 2 aromatic heterocycles. The lowest BCUT2D eigenvalue weighted by Crippen LogP contribution is -2.41. The topological polar surface area (TPSA) is 85.9 Å². The van der Waals surface area contributed by atoms with Crippen LogP contribution in [0.3, 0.4) is 0 Å². The molecule has 144 valence electrons. The third-order valence-electron chi connectivity index (χ3n) is 5.71. The van der Waals surface area contributed by atoms with E-state index in [9.17, 15) is 9.59 Å². The molecule has 0 aliphatic carbocycles. The average molecular weight is 370 g/mol. The second kappa shape index (κ2) is 6.90. The van der Waals surface area contributed by atoms with Gasteiger partial charge in [0.15, 0.2) is 0 Å². The third kappa shape index (κ3) is 3.17. The Balaban J connectivity index is 1.67. The molecular formula is C19H26N6O2.